The Morgan fingerprint density at radius 2 is 1.59 bits per heavy atom. The van der Waals surface area contributed by atoms with Gasteiger partial charge in [0.05, 0.1) is 6.10 Å². The minimum atomic E-state index is -0.0404. The number of likely N-dealkylation sites (tertiary alicyclic amines) is 1. The summed E-state index contributed by atoms with van der Waals surface area (Å²) < 4.78 is 6.72. The number of rotatable bonds is 8. The zero-order valence-corrected chi connectivity index (χ0v) is 18.7. The van der Waals surface area contributed by atoms with Crippen molar-refractivity contribution in [3.05, 3.63) is 102 Å². The molecular formula is C28H32N2O2. The number of amides is 1. The van der Waals surface area contributed by atoms with Crippen LogP contribution in [0.2, 0.25) is 0 Å². The largest absolute Gasteiger partial charge is 0.364 e. The first kappa shape index (κ1) is 22.3. The van der Waals surface area contributed by atoms with E-state index in [-0.39, 0.29) is 18.1 Å². The summed E-state index contributed by atoms with van der Waals surface area (Å²) in [5, 5.41) is 2.82. The molecule has 0 aliphatic carbocycles. The van der Waals surface area contributed by atoms with Gasteiger partial charge in [-0.1, -0.05) is 72.8 Å². The Morgan fingerprint density at radius 1 is 0.969 bits per heavy atom. The molecule has 0 radical (unpaired) electrons. The summed E-state index contributed by atoms with van der Waals surface area (Å²) in [6.07, 6.45) is 3.42. The van der Waals surface area contributed by atoms with Crippen molar-refractivity contribution >= 4 is 11.6 Å². The Hall–Kier alpha value is -2.95. The summed E-state index contributed by atoms with van der Waals surface area (Å²) in [6.45, 7) is 4.62. The molecule has 3 aromatic carbocycles. The van der Waals surface area contributed by atoms with Crippen molar-refractivity contribution in [2.75, 3.05) is 25.0 Å². The smallest absolute Gasteiger partial charge is 0.221 e. The second-order valence-electron chi connectivity index (χ2n) is 8.53. The number of hydrogen-bond acceptors (Lipinski definition) is 3. The zero-order valence-electron chi connectivity index (χ0n) is 18.7. The number of hydrogen-bond donors (Lipinski definition) is 1. The lowest BCUT2D eigenvalue weighted by Gasteiger charge is -2.35. The summed E-state index contributed by atoms with van der Waals surface area (Å²) in [5.74, 6) is -0.0404. The van der Waals surface area contributed by atoms with E-state index in [2.05, 4.69) is 83.0 Å². The number of ether oxygens (including phenoxy) is 1. The highest BCUT2D eigenvalue weighted by Gasteiger charge is 2.25. The average molecular weight is 429 g/mol. The quantitative estimate of drug-likeness (QED) is 0.518. The van der Waals surface area contributed by atoms with E-state index in [9.17, 15) is 4.79 Å². The molecule has 0 aromatic heterocycles. The van der Waals surface area contributed by atoms with Crippen LogP contribution in [0.1, 0.15) is 42.6 Å². The molecule has 1 heterocycles. The van der Waals surface area contributed by atoms with Gasteiger partial charge in [0, 0.05) is 25.7 Å². The molecule has 4 heteroatoms. The number of carbonyl (C=O) groups excluding carboxylic acids is 1. The van der Waals surface area contributed by atoms with E-state index >= 15 is 0 Å². The molecule has 4 rings (SSSR count). The van der Waals surface area contributed by atoms with E-state index < -0.39 is 0 Å². The lowest BCUT2D eigenvalue weighted by Crippen LogP contribution is -2.41. The lowest BCUT2D eigenvalue weighted by molar-refractivity contribution is -0.114. The normalized spacial score (nSPS) is 16.8. The van der Waals surface area contributed by atoms with Crippen molar-refractivity contribution < 1.29 is 9.53 Å². The number of piperidine rings is 1. The van der Waals surface area contributed by atoms with Gasteiger partial charge in [0.25, 0.3) is 0 Å². The van der Waals surface area contributed by atoms with Gasteiger partial charge in [-0.2, -0.15) is 0 Å². The molecule has 0 spiro atoms. The maximum absolute atomic E-state index is 11.2. The molecule has 0 bridgehead atoms. The lowest BCUT2D eigenvalue weighted by atomic mass is 10.00. The fraction of sp³-hybridized carbons (Fsp3) is 0.321. The zero-order chi connectivity index (χ0) is 22.2. The average Bonchev–Trinajstić information content (AvgIpc) is 2.83. The molecule has 166 valence electrons. The number of carbonyl (C=O) groups is 1. The van der Waals surface area contributed by atoms with Crippen LogP contribution in [0.4, 0.5) is 5.69 Å². The van der Waals surface area contributed by atoms with Gasteiger partial charge in [-0.3, -0.25) is 4.79 Å². The van der Waals surface area contributed by atoms with Crippen LogP contribution >= 0.6 is 0 Å². The van der Waals surface area contributed by atoms with Crippen LogP contribution in [-0.4, -0.2) is 36.5 Å². The summed E-state index contributed by atoms with van der Waals surface area (Å²) >= 11 is 0. The van der Waals surface area contributed by atoms with Crippen molar-refractivity contribution in [2.24, 2.45) is 0 Å². The Morgan fingerprint density at radius 3 is 2.19 bits per heavy atom. The third kappa shape index (κ3) is 6.28. The van der Waals surface area contributed by atoms with Crippen molar-refractivity contribution in [3.8, 4) is 0 Å². The molecule has 3 aromatic rings. The predicted molar refractivity (Wildman–Crippen MR) is 130 cm³/mol. The van der Waals surface area contributed by atoms with Crippen LogP contribution in [0.25, 0.3) is 0 Å². The van der Waals surface area contributed by atoms with Crippen molar-refractivity contribution in [1.29, 1.82) is 0 Å². The second kappa shape index (κ2) is 11.1. The van der Waals surface area contributed by atoms with Crippen LogP contribution in [0.5, 0.6) is 0 Å². The van der Waals surface area contributed by atoms with Crippen LogP contribution in [-0.2, 0) is 16.0 Å². The fourth-order valence-corrected chi connectivity index (χ4v) is 4.37. The fourth-order valence-electron chi connectivity index (χ4n) is 4.37. The summed E-state index contributed by atoms with van der Waals surface area (Å²) in [5.41, 5.74) is 4.54. The van der Waals surface area contributed by atoms with Crippen LogP contribution in [0.3, 0.4) is 0 Å². The first-order valence-electron chi connectivity index (χ1n) is 11.5. The molecule has 1 aliphatic heterocycles. The van der Waals surface area contributed by atoms with Crippen molar-refractivity contribution in [3.63, 3.8) is 0 Å². The maximum atomic E-state index is 11.2. The summed E-state index contributed by atoms with van der Waals surface area (Å²) in [7, 11) is 0. The molecule has 1 unspecified atom stereocenters. The van der Waals surface area contributed by atoms with Gasteiger partial charge in [-0.05, 0) is 54.6 Å². The van der Waals surface area contributed by atoms with Gasteiger partial charge in [-0.15, -0.1) is 0 Å². The van der Waals surface area contributed by atoms with Gasteiger partial charge in [0.2, 0.25) is 5.91 Å². The minimum absolute atomic E-state index is 0.0383. The van der Waals surface area contributed by atoms with Crippen molar-refractivity contribution in [1.82, 2.24) is 4.90 Å². The summed E-state index contributed by atoms with van der Waals surface area (Å²) in [4.78, 5) is 13.7. The predicted octanol–water partition coefficient (Wildman–Crippen LogP) is 5.46. The molecule has 4 nitrogen and oxygen atoms in total. The molecule has 1 amide bonds. The molecule has 32 heavy (non-hydrogen) atoms. The Kier molecular flexibility index (Phi) is 7.70. The number of nitrogens with zero attached hydrogens (tertiary/aromatic N) is 1. The number of anilines is 1. The van der Waals surface area contributed by atoms with E-state index in [1.165, 1.54) is 23.6 Å². The van der Waals surface area contributed by atoms with Gasteiger partial charge in [0.15, 0.2) is 0 Å². The highest BCUT2D eigenvalue weighted by atomic mass is 16.5. The Bertz CT molecular complexity index is 934. The molecular weight excluding hydrogens is 396 g/mol. The monoisotopic (exact) mass is 428 g/mol. The van der Waals surface area contributed by atoms with Crippen LogP contribution in [0, 0.1) is 0 Å². The third-order valence-corrected chi connectivity index (χ3v) is 5.99. The number of nitrogens with one attached hydrogen (secondary N) is 1. The van der Waals surface area contributed by atoms with E-state index in [0.29, 0.717) is 0 Å². The number of benzene rings is 3. The van der Waals surface area contributed by atoms with Gasteiger partial charge < -0.3 is 15.0 Å². The van der Waals surface area contributed by atoms with Crippen LogP contribution in [0.15, 0.2) is 84.9 Å². The molecule has 1 N–H and O–H groups in total. The second-order valence-corrected chi connectivity index (χ2v) is 8.53. The van der Waals surface area contributed by atoms with E-state index in [0.717, 1.165) is 44.6 Å². The van der Waals surface area contributed by atoms with Gasteiger partial charge >= 0.3 is 0 Å². The first-order chi connectivity index (χ1) is 15.7. The first-order valence-corrected chi connectivity index (χ1v) is 11.5. The van der Waals surface area contributed by atoms with Crippen molar-refractivity contribution in [2.45, 2.75) is 38.4 Å². The van der Waals surface area contributed by atoms with Crippen LogP contribution < -0.4 is 5.32 Å². The molecule has 0 saturated carbocycles. The standard InChI is InChI=1S/C28H32N2O2/c1-22(31)29-26-16-14-23(15-17-26)18-20-30-19-8-13-27(21-30)32-28(24-9-4-2-5-10-24)25-11-6-3-7-12-25/h2-7,9-12,14-17,27-28H,8,13,18-21H2,1H3,(H,29,31). The van der Waals surface area contributed by atoms with Gasteiger partial charge in [-0.25, -0.2) is 0 Å². The topological polar surface area (TPSA) is 41.6 Å². The SMILES string of the molecule is CC(=O)Nc1ccc(CCN2CCCC(OC(c3ccccc3)c3ccccc3)C2)cc1. The maximum Gasteiger partial charge on any atom is 0.221 e. The van der Waals surface area contributed by atoms with E-state index in [1.807, 2.05) is 12.1 Å². The van der Waals surface area contributed by atoms with E-state index in [4.69, 9.17) is 4.74 Å². The Labute approximate surface area is 191 Å². The minimum Gasteiger partial charge on any atom is -0.364 e. The van der Waals surface area contributed by atoms with Gasteiger partial charge in [0.1, 0.15) is 6.10 Å². The molecule has 1 saturated heterocycles. The highest BCUT2D eigenvalue weighted by Crippen LogP contribution is 2.29. The molecule has 1 atom stereocenters. The highest BCUT2D eigenvalue weighted by molar-refractivity contribution is 5.88. The molecule has 1 fully saturated rings. The molecule has 1 aliphatic rings. The Balaban J connectivity index is 1.36. The van der Waals surface area contributed by atoms with E-state index in [1.54, 1.807) is 0 Å². The summed E-state index contributed by atoms with van der Waals surface area (Å²) in [6, 6.07) is 29.2. The third-order valence-electron chi connectivity index (χ3n) is 5.99.